The average Bonchev–Trinajstić information content (AvgIpc) is 2.79. The number of nitrogens with zero attached hydrogens (tertiary/aromatic N) is 1. The predicted molar refractivity (Wildman–Crippen MR) is 71.9 cm³/mol. The van der Waals surface area contributed by atoms with Gasteiger partial charge in [0.2, 0.25) is 0 Å². The number of hydrogen-bond donors (Lipinski definition) is 2. The molecule has 1 saturated heterocycles. The molecule has 0 aromatic rings. The second-order valence-corrected chi connectivity index (χ2v) is 5.93. The smallest absolute Gasteiger partial charge is 0.326 e. The zero-order chi connectivity index (χ0) is 13.8. The maximum absolute atomic E-state index is 12.1. The van der Waals surface area contributed by atoms with Crippen LogP contribution >= 0.6 is 0 Å². The molecule has 2 unspecified atom stereocenters. The molecule has 2 fully saturated rings. The van der Waals surface area contributed by atoms with Crippen LogP contribution in [0, 0.1) is 11.8 Å². The van der Waals surface area contributed by atoms with Gasteiger partial charge < -0.3 is 15.3 Å². The van der Waals surface area contributed by atoms with Crippen LogP contribution in [0.2, 0.25) is 0 Å². The summed E-state index contributed by atoms with van der Waals surface area (Å²) < 4.78 is 0. The second-order valence-electron chi connectivity index (χ2n) is 5.93. The Labute approximate surface area is 114 Å². The third kappa shape index (κ3) is 3.39. The molecule has 1 saturated carbocycles. The minimum atomic E-state index is -0.891. The first-order valence-electron chi connectivity index (χ1n) is 7.37. The lowest BCUT2D eigenvalue weighted by Crippen LogP contribution is -2.48. The van der Waals surface area contributed by atoms with Crippen molar-refractivity contribution in [2.45, 2.75) is 51.5 Å². The topological polar surface area (TPSA) is 69.6 Å². The zero-order valence-corrected chi connectivity index (χ0v) is 11.6. The van der Waals surface area contributed by atoms with E-state index in [0.29, 0.717) is 19.0 Å². The van der Waals surface area contributed by atoms with E-state index in [0.717, 1.165) is 6.42 Å². The Hall–Kier alpha value is -1.26. The highest BCUT2D eigenvalue weighted by atomic mass is 16.4. The Morgan fingerprint density at radius 2 is 1.89 bits per heavy atom. The Kier molecular flexibility index (Phi) is 4.66. The molecule has 0 radical (unpaired) electrons. The summed E-state index contributed by atoms with van der Waals surface area (Å²) in [6.45, 7) is 3.14. The summed E-state index contributed by atoms with van der Waals surface area (Å²) in [7, 11) is 0. The van der Waals surface area contributed by atoms with Crippen molar-refractivity contribution >= 4 is 12.0 Å². The van der Waals surface area contributed by atoms with E-state index in [1.807, 2.05) is 6.92 Å². The first-order chi connectivity index (χ1) is 9.09. The SMILES string of the molecule is CC1CCN(C(=O)NCC2CCCCC2)C1C(=O)O. The van der Waals surface area contributed by atoms with Gasteiger partial charge >= 0.3 is 12.0 Å². The third-order valence-electron chi connectivity index (χ3n) is 4.48. The number of amides is 2. The molecule has 2 aliphatic rings. The van der Waals surface area contributed by atoms with Crippen LogP contribution in [0.5, 0.6) is 0 Å². The van der Waals surface area contributed by atoms with E-state index in [1.165, 1.54) is 37.0 Å². The van der Waals surface area contributed by atoms with Crippen molar-refractivity contribution in [3.05, 3.63) is 0 Å². The molecule has 2 rings (SSSR count). The third-order valence-corrected chi connectivity index (χ3v) is 4.48. The summed E-state index contributed by atoms with van der Waals surface area (Å²) in [6, 6.07) is -0.867. The largest absolute Gasteiger partial charge is 0.480 e. The van der Waals surface area contributed by atoms with E-state index in [4.69, 9.17) is 0 Å². The molecule has 1 aliphatic heterocycles. The lowest BCUT2D eigenvalue weighted by molar-refractivity contribution is -0.142. The number of carboxylic acids is 1. The van der Waals surface area contributed by atoms with Gasteiger partial charge in [-0.3, -0.25) is 0 Å². The normalized spacial score (nSPS) is 28.4. The van der Waals surface area contributed by atoms with Crippen LogP contribution in [0.4, 0.5) is 4.79 Å². The van der Waals surface area contributed by atoms with Crippen molar-refractivity contribution in [3.8, 4) is 0 Å². The second kappa shape index (κ2) is 6.26. The van der Waals surface area contributed by atoms with Crippen LogP contribution in [-0.2, 0) is 4.79 Å². The molecule has 1 aliphatic carbocycles. The van der Waals surface area contributed by atoms with Gasteiger partial charge in [0.1, 0.15) is 6.04 Å². The molecule has 5 heteroatoms. The van der Waals surface area contributed by atoms with Gasteiger partial charge in [-0.05, 0) is 31.1 Å². The minimum Gasteiger partial charge on any atom is -0.480 e. The van der Waals surface area contributed by atoms with Crippen molar-refractivity contribution < 1.29 is 14.7 Å². The Morgan fingerprint density at radius 1 is 1.21 bits per heavy atom. The fraction of sp³-hybridized carbons (Fsp3) is 0.857. The number of likely N-dealkylation sites (tertiary alicyclic amines) is 1. The molecular formula is C14H24N2O3. The first kappa shape index (κ1) is 14.2. The van der Waals surface area contributed by atoms with Crippen molar-refractivity contribution in [2.24, 2.45) is 11.8 Å². The fourth-order valence-electron chi connectivity index (χ4n) is 3.28. The van der Waals surface area contributed by atoms with E-state index in [1.54, 1.807) is 0 Å². The number of urea groups is 1. The summed E-state index contributed by atoms with van der Waals surface area (Å²) >= 11 is 0. The fourth-order valence-corrected chi connectivity index (χ4v) is 3.28. The Balaban J connectivity index is 1.83. The number of carbonyl (C=O) groups excluding carboxylic acids is 1. The lowest BCUT2D eigenvalue weighted by atomic mass is 9.89. The van der Waals surface area contributed by atoms with Crippen LogP contribution in [0.25, 0.3) is 0 Å². The van der Waals surface area contributed by atoms with Crippen LogP contribution in [0.15, 0.2) is 0 Å². The van der Waals surface area contributed by atoms with Gasteiger partial charge in [-0.25, -0.2) is 9.59 Å². The van der Waals surface area contributed by atoms with E-state index >= 15 is 0 Å². The highest BCUT2D eigenvalue weighted by Crippen LogP contribution is 2.25. The van der Waals surface area contributed by atoms with Crippen LogP contribution in [0.1, 0.15) is 45.4 Å². The van der Waals surface area contributed by atoms with Crippen molar-refractivity contribution in [1.29, 1.82) is 0 Å². The molecule has 19 heavy (non-hydrogen) atoms. The van der Waals surface area contributed by atoms with Gasteiger partial charge in [0.05, 0.1) is 0 Å². The van der Waals surface area contributed by atoms with Gasteiger partial charge in [0.15, 0.2) is 0 Å². The van der Waals surface area contributed by atoms with Crippen LogP contribution in [-0.4, -0.2) is 41.1 Å². The van der Waals surface area contributed by atoms with E-state index in [9.17, 15) is 14.7 Å². The molecule has 0 bridgehead atoms. The van der Waals surface area contributed by atoms with Crippen molar-refractivity contribution in [1.82, 2.24) is 10.2 Å². The molecule has 108 valence electrons. The maximum atomic E-state index is 12.1. The zero-order valence-electron chi connectivity index (χ0n) is 11.6. The number of hydrogen-bond acceptors (Lipinski definition) is 2. The first-order valence-corrected chi connectivity index (χ1v) is 7.37. The predicted octanol–water partition coefficient (Wildman–Crippen LogP) is 2.07. The van der Waals surface area contributed by atoms with Gasteiger partial charge in [-0.1, -0.05) is 26.2 Å². The molecule has 5 nitrogen and oxygen atoms in total. The molecule has 0 spiro atoms. The van der Waals surface area contributed by atoms with Crippen molar-refractivity contribution in [3.63, 3.8) is 0 Å². The number of carbonyl (C=O) groups is 2. The maximum Gasteiger partial charge on any atom is 0.326 e. The lowest BCUT2D eigenvalue weighted by Gasteiger charge is -2.26. The summed E-state index contributed by atoms with van der Waals surface area (Å²) in [4.78, 5) is 24.8. The Morgan fingerprint density at radius 3 is 2.53 bits per heavy atom. The highest BCUT2D eigenvalue weighted by Gasteiger charge is 2.39. The van der Waals surface area contributed by atoms with E-state index < -0.39 is 12.0 Å². The molecule has 2 atom stereocenters. The summed E-state index contributed by atoms with van der Waals surface area (Å²) in [5.74, 6) is -0.281. The Bertz CT molecular complexity index is 340. The summed E-state index contributed by atoms with van der Waals surface area (Å²) in [5, 5.41) is 12.1. The quantitative estimate of drug-likeness (QED) is 0.823. The highest BCUT2D eigenvalue weighted by molar-refractivity contribution is 5.83. The van der Waals surface area contributed by atoms with Gasteiger partial charge in [-0.15, -0.1) is 0 Å². The summed E-state index contributed by atoms with van der Waals surface area (Å²) in [5.41, 5.74) is 0. The molecule has 0 aromatic carbocycles. The van der Waals surface area contributed by atoms with Gasteiger partial charge in [-0.2, -0.15) is 0 Å². The molecule has 0 aromatic heterocycles. The molecule has 2 N–H and O–H groups in total. The minimum absolute atomic E-state index is 0.0398. The average molecular weight is 268 g/mol. The molecule has 2 amide bonds. The van der Waals surface area contributed by atoms with Crippen molar-refractivity contribution in [2.75, 3.05) is 13.1 Å². The molecular weight excluding hydrogens is 244 g/mol. The standard InChI is InChI=1S/C14H24N2O3/c1-10-7-8-16(12(10)13(17)18)14(19)15-9-11-5-3-2-4-6-11/h10-12H,2-9H2,1H3,(H,15,19)(H,17,18). The monoisotopic (exact) mass is 268 g/mol. The number of nitrogens with one attached hydrogen (secondary N) is 1. The molecule has 1 heterocycles. The summed E-state index contributed by atoms with van der Waals surface area (Å²) in [6.07, 6.45) is 6.93. The van der Waals surface area contributed by atoms with E-state index in [-0.39, 0.29) is 11.9 Å². The van der Waals surface area contributed by atoms with Crippen LogP contribution in [0.3, 0.4) is 0 Å². The van der Waals surface area contributed by atoms with E-state index in [2.05, 4.69) is 5.32 Å². The number of carboxylic acid groups (broad SMARTS) is 1. The van der Waals surface area contributed by atoms with Crippen LogP contribution < -0.4 is 5.32 Å². The van der Waals surface area contributed by atoms with Gasteiger partial charge in [0.25, 0.3) is 0 Å². The number of aliphatic carboxylic acids is 1. The number of rotatable bonds is 3. The van der Waals surface area contributed by atoms with Gasteiger partial charge in [0, 0.05) is 13.1 Å².